The van der Waals surface area contributed by atoms with Gasteiger partial charge in [0.05, 0.1) is 11.7 Å². The zero-order chi connectivity index (χ0) is 12.5. The number of fused-ring (bicyclic) bond motifs is 1. The van der Waals surface area contributed by atoms with Crippen molar-refractivity contribution in [3.63, 3.8) is 0 Å². The van der Waals surface area contributed by atoms with Crippen molar-refractivity contribution >= 4 is 22.5 Å². The van der Waals surface area contributed by atoms with E-state index in [2.05, 4.69) is 5.10 Å². The number of rotatable bonds is 2. The van der Waals surface area contributed by atoms with Gasteiger partial charge < -0.3 is 0 Å². The van der Waals surface area contributed by atoms with E-state index < -0.39 is 0 Å². The molecule has 90 valence electrons. The molecule has 18 heavy (non-hydrogen) atoms. The van der Waals surface area contributed by atoms with Crippen molar-refractivity contribution in [3.8, 4) is 5.69 Å². The molecule has 0 atom stereocenters. The molecule has 0 N–H and O–H groups in total. The van der Waals surface area contributed by atoms with Gasteiger partial charge in [0.2, 0.25) is 0 Å². The van der Waals surface area contributed by atoms with Crippen molar-refractivity contribution in [2.24, 2.45) is 0 Å². The molecule has 1 heterocycles. The van der Waals surface area contributed by atoms with Crippen LogP contribution < -0.4 is 0 Å². The first kappa shape index (κ1) is 11.2. The number of hydrogen-bond acceptors (Lipinski definition) is 1. The van der Waals surface area contributed by atoms with Crippen molar-refractivity contribution < 1.29 is 4.39 Å². The Labute approximate surface area is 109 Å². The van der Waals surface area contributed by atoms with Gasteiger partial charge in [-0.3, -0.25) is 0 Å². The summed E-state index contributed by atoms with van der Waals surface area (Å²) >= 11 is 5.86. The van der Waals surface area contributed by atoms with E-state index in [4.69, 9.17) is 11.6 Å². The van der Waals surface area contributed by atoms with Crippen LogP contribution in [0.4, 0.5) is 4.39 Å². The molecule has 0 unspecified atom stereocenters. The molecule has 3 rings (SSSR count). The minimum atomic E-state index is -0.318. The third-order valence-corrected chi connectivity index (χ3v) is 3.19. The number of benzene rings is 2. The molecule has 0 saturated heterocycles. The first-order valence-electron chi connectivity index (χ1n) is 5.58. The third-order valence-electron chi connectivity index (χ3n) is 2.90. The third kappa shape index (κ3) is 1.68. The van der Waals surface area contributed by atoms with E-state index in [1.807, 2.05) is 30.3 Å². The summed E-state index contributed by atoms with van der Waals surface area (Å²) in [6, 6.07) is 12.6. The molecule has 2 nitrogen and oxygen atoms in total. The van der Waals surface area contributed by atoms with E-state index in [1.54, 1.807) is 16.9 Å². The topological polar surface area (TPSA) is 17.8 Å². The fourth-order valence-electron chi connectivity index (χ4n) is 2.05. The lowest BCUT2D eigenvalue weighted by atomic mass is 10.2. The molecular formula is C14H10ClFN2. The summed E-state index contributed by atoms with van der Waals surface area (Å²) in [6.45, 7) is 0. The summed E-state index contributed by atoms with van der Waals surface area (Å²) in [5.41, 5.74) is 2.02. The van der Waals surface area contributed by atoms with Crippen LogP contribution in [0.5, 0.6) is 0 Å². The molecule has 4 heteroatoms. The molecule has 0 aliphatic heterocycles. The first-order chi connectivity index (χ1) is 8.81. The highest BCUT2D eigenvalue weighted by Crippen LogP contribution is 2.24. The van der Waals surface area contributed by atoms with Crippen molar-refractivity contribution in [1.82, 2.24) is 9.78 Å². The second-order valence-electron chi connectivity index (χ2n) is 4.00. The molecule has 3 aromatic rings. The average Bonchev–Trinajstić information content (AvgIpc) is 2.82. The summed E-state index contributed by atoms with van der Waals surface area (Å²) in [7, 11) is 0. The van der Waals surface area contributed by atoms with Gasteiger partial charge in [-0.25, -0.2) is 9.07 Å². The highest BCUT2D eigenvalue weighted by atomic mass is 35.5. The number of hydrogen-bond donors (Lipinski definition) is 0. The van der Waals surface area contributed by atoms with Gasteiger partial charge in [-0.15, -0.1) is 11.6 Å². The summed E-state index contributed by atoms with van der Waals surface area (Å²) in [4.78, 5) is 0. The predicted molar refractivity (Wildman–Crippen MR) is 70.6 cm³/mol. The lowest BCUT2D eigenvalue weighted by Gasteiger charge is -2.09. The quantitative estimate of drug-likeness (QED) is 0.639. The second kappa shape index (κ2) is 4.42. The fourth-order valence-corrected chi connectivity index (χ4v) is 2.27. The Hall–Kier alpha value is -1.87. The molecule has 0 aliphatic rings. The van der Waals surface area contributed by atoms with Crippen molar-refractivity contribution in [1.29, 1.82) is 0 Å². The minimum Gasteiger partial charge on any atom is -0.230 e. The number of nitrogens with zero attached hydrogens (tertiary/aromatic N) is 2. The van der Waals surface area contributed by atoms with Crippen molar-refractivity contribution in [3.05, 3.63) is 60.0 Å². The maximum absolute atomic E-state index is 14.0. The highest BCUT2D eigenvalue weighted by molar-refractivity contribution is 6.17. The maximum atomic E-state index is 14.0. The van der Waals surface area contributed by atoms with Gasteiger partial charge in [0.1, 0.15) is 11.5 Å². The van der Waals surface area contributed by atoms with Crippen LogP contribution in [0.2, 0.25) is 0 Å². The van der Waals surface area contributed by atoms with Gasteiger partial charge in [-0.05, 0) is 17.7 Å². The maximum Gasteiger partial charge on any atom is 0.149 e. The van der Waals surface area contributed by atoms with Gasteiger partial charge in [0, 0.05) is 11.3 Å². The summed E-state index contributed by atoms with van der Waals surface area (Å²) < 4.78 is 15.6. The first-order valence-corrected chi connectivity index (χ1v) is 6.11. The molecule has 0 saturated carbocycles. The van der Waals surface area contributed by atoms with Crippen molar-refractivity contribution in [2.45, 2.75) is 5.88 Å². The predicted octanol–water partition coefficient (Wildman–Crippen LogP) is 3.90. The largest absolute Gasteiger partial charge is 0.230 e. The van der Waals surface area contributed by atoms with E-state index in [1.165, 1.54) is 6.07 Å². The minimum absolute atomic E-state index is 0.251. The zero-order valence-corrected chi connectivity index (χ0v) is 10.2. The van der Waals surface area contributed by atoms with Gasteiger partial charge in [-0.2, -0.15) is 5.10 Å². The number of aromatic nitrogens is 2. The lowest BCUT2D eigenvalue weighted by molar-refractivity contribution is 0.611. The summed E-state index contributed by atoms with van der Waals surface area (Å²) in [6.07, 6.45) is 1.72. The van der Waals surface area contributed by atoms with E-state index in [-0.39, 0.29) is 11.7 Å². The Kier molecular flexibility index (Phi) is 2.76. The standard InChI is InChI=1S/C14H10ClFN2/c15-8-10-5-3-6-12(16)14(10)18-13-7-2-1-4-11(13)9-17-18/h1-7,9H,8H2. The molecule has 0 amide bonds. The van der Waals surface area contributed by atoms with E-state index in [0.29, 0.717) is 5.69 Å². The molecule has 0 aliphatic carbocycles. The number of halogens is 2. The Morgan fingerprint density at radius 3 is 2.78 bits per heavy atom. The van der Waals surface area contributed by atoms with Crippen LogP contribution in [0.1, 0.15) is 5.56 Å². The smallest absolute Gasteiger partial charge is 0.149 e. The van der Waals surface area contributed by atoms with Crippen molar-refractivity contribution in [2.75, 3.05) is 0 Å². The Morgan fingerprint density at radius 2 is 1.94 bits per heavy atom. The molecule has 1 aromatic heterocycles. The lowest BCUT2D eigenvalue weighted by Crippen LogP contribution is -2.03. The Balaban J connectivity index is 2.33. The monoisotopic (exact) mass is 260 g/mol. The molecule has 0 bridgehead atoms. The normalized spacial score (nSPS) is 11.0. The second-order valence-corrected chi connectivity index (χ2v) is 4.26. The summed E-state index contributed by atoms with van der Waals surface area (Å²) in [5.74, 6) is -0.0663. The molecular weight excluding hydrogens is 251 g/mol. The van der Waals surface area contributed by atoms with E-state index in [0.717, 1.165) is 16.5 Å². The highest BCUT2D eigenvalue weighted by Gasteiger charge is 2.13. The van der Waals surface area contributed by atoms with Gasteiger partial charge >= 0.3 is 0 Å². The molecule has 0 spiro atoms. The Bertz CT molecular complexity index is 706. The number of para-hydroxylation sites is 2. The van der Waals surface area contributed by atoms with Gasteiger partial charge in [0.15, 0.2) is 0 Å². The summed E-state index contributed by atoms with van der Waals surface area (Å²) in [5, 5.41) is 5.23. The molecule has 0 radical (unpaired) electrons. The van der Waals surface area contributed by atoms with E-state index in [9.17, 15) is 4.39 Å². The zero-order valence-electron chi connectivity index (χ0n) is 9.48. The Morgan fingerprint density at radius 1 is 1.11 bits per heavy atom. The van der Waals surface area contributed by atoms with Crippen LogP contribution in [-0.4, -0.2) is 9.78 Å². The SMILES string of the molecule is Fc1cccc(CCl)c1-n1ncc2ccccc21. The number of alkyl halides is 1. The fraction of sp³-hybridized carbons (Fsp3) is 0.0714. The van der Waals surface area contributed by atoms with Gasteiger partial charge in [0.25, 0.3) is 0 Å². The van der Waals surface area contributed by atoms with Crippen LogP contribution >= 0.6 is 11.6 Å². The van der Waals surface area contributed by atoms with Gasteiger partial charge in [-0.1, -0.05) is 30.3 Å². The van der Waals surface area contributed by atoms with Crippen LogP contribution in [0.3, 0.4) is 0 Å². The molecule has 2 aromatic carbocycles. The van der Waals surface area contributed by atoms with E-state index >= 15 is 0 Å². The van der Waals surface area contributed by atoms with Crippen LogP contribution in [0.15, 0.2) is 48.7 Å². The molecule has 0 fully saturated rings. The van der Waals surface area contributed by atoms with Crippen LogP contribution in [0, 0.1) is 5.82 Å². The average molecular weight is 261 g/mol. The van der Waals surface area contributed by atoms with Crippen LogP contribution in [0.25, 0.3) is 16.6 Å². The van der Waals surface area contributed by atoms with Crippen LogP contribution in [-0.2, 0) is 5.88 Å².